The molecule has 0 amide bonds. The molecule has 0 saturated carbocycles. The van der Waals surface area contributed by atoms with E-state index in [4.69, 9.17) is 16.7 Å². The van der Waals surface area contributed by atoms with E-state index in [2.05, 4.69) is 4.98 Å². The van der Waals surface area contributed by atoms with Crippen molar-refractivity contribution in [1.29, 1.82) is 0 Å². The summed E-state index contributed by atoms with van der Waals surface area (Å²) >= 11 is 5.84. The van der Waals surface area contributed by atoms with E-state index in [0.29, 0.717) is 11.4 Å². The number of hydrogen-bond donors (Lipinski definition) is 1. The van der Waals surface area contributed by atoms with Crippen LogP contribution in [0.2, 0.25) is 5.02 Å². The second kappa shape index (κ2) is 5.23. The van der Waals surface area contributed by atoms with E-state index >= 15 is 0 Å². The maximum Gasteiger partial charge on any atom is 0.303 e. The Hall–Kier alpha value is -1.81. The summed E-state index contributed by atoms with van der Waals surface area (Å²) in [6.45, 7) is 0. The van der Waals surface area contributed by atoms with Crippen LogP contribution in [0, 0.1) is 0 Å². The molecule has 0 bridgehead atoms. The molecule has 0 atom stereocenters. The van der Waals surface area contributed by atoms with Crippen molar-refractivity contribution in [2.45, 2.75) is 12.8 Å². The van der Waals surface area contributed by atoms with E-state index in [-0.39, 0.29) is 6.42 Å². The molecule has 5 heteroatoms. The van der Waals surface area contributed by atoms with Crippen molar-refractivity contribution in [3.8, 4) is 11.4 Å². The lowest BCUT2D eigenvalue weighted by molar-refractivity contribution is -0.136. The lowest BCUT2D eigenvalue weighted by Gasteiger charge is -2.05. The van der Waals surface area contributed by atoms with Crippen LogP contribution in [0.5, 0.6) is 0 Å². The third-order valence-corrected chi connectivity index (χ3v) is 3.03. The number of benzene rings is 1. The number of halogens is 1. The molecule has 0 saturated heterocycles. The average molecular weight is 265 g/mol. The maximum atomic E-state index is 10.6. The maximum absolute atomic E-state index is 10.6. The van der Waals surface area contributed by atoms with Crippen molar-refractivity contribution < 1.29 is 9.90 Å². The van der Waals surface area contributed by atoms with E-state index in [0.717, 1.165) is 17.1 Å². The molecule has 1 aromatic carbocycles. The number of nitrogens with zero attached hydrogens (tertiary/aromatic N) is 2. The normalized spacial score (nSPS) is 10.6. The number of carboxylic acid groups (broad SMARTS) is 1. The zero-order valence-electron chi connectivity index (χ0n) is 9.93. The summed E-state index contributed by atoms with van der Waals surface area (Å²) in [4.78, 5) is 14.9. The summed E-state index contributed by atoms with van der Waals surface area (Å²) in [5, 5.41) is 9.36. The van der Waals surface area contributed by atoms with Gasteiger partial charge in [-0.25, -0.2) is 4.98 Å². The fraction of sp³-hybridized carbons (Fsp3) is 0.231. The van der Waals surface area contributed by atoms with E-state index in [1.807, 2.05) is 35.9 Å². The smallest absolute Gasteiger partial charge is 0.303 e. The minimum atomic E-state index is -0.802. The molecule has 0 unspecified atom stereocenters. The standard InChI is InChI=1S/C13H13ClN2O2/c1-16-11(6-7-12(17)18)8-15-13(16)9-2-4-10(14)5-3-9/h2-5,8H,6-7H2,1H3,(H,17,18). The number of aliphatic carboxylic acids is 1. The number of imidazole rings is 1. The van der Waals surface area contributed by atoms with Crippen molar-refractivity contribution in [2.24, 2.45) is 7.05 Å². The first-order chi connectivity index (χ1) is 8.58. The number of rotatable bonds is 4. The largest absolute Gasteiger partial charge is 0.481 e. The van der Waals surface area contributed by atoms with Gasteiger partial charge >= 0.3 is 5.97 Å². The molecule has 1 N–H and O–H groups in total. The van der Waals surface area contributed by atoms with Gasteiger partial charge in [0.25, 0.3) is 0 Å². The Balaban J connectivity index is 2.25. The van der Waals surface area contributed by atoms with Gasteiger partial charge in [0.2, 0.25) is 0 Å². The molecule has 0 aliphatic carbocycles. The van der Waals surface area contributed by atoms with Gasteiger partial charge in [0, 0.05) is 29.5 Å². The van der Waals surface area contributed by atoms with Crippen LogP contribution >= 0.6 is 11.6 Å². The Morgan fingerprint density at radius 2 is 2.06 bits per heavy atom. The monoisotopic (exact) mass is 264 g/mol. The second-order valence-electron chi connectivity index (χ2n) is 4.03. The SMILES string of the molecule is Cn1c(CCC(=O)O)cnc1-c1ccc(Cl)cc1. The Labute approximate surface area is 110 Å². The van der Waals surface area contributed by atoms with Gasteiger partial charge in [0.1, 0.15) is 5.82 Å². The predicted octanol–water partition coefficient (Wildman–Crippen LogP) is 2.76. The Kier molecular flexibility index (Phi) is 3.67. The molecule has 2 rings (SSSR count). The molecular weight excluding hydrogens is 252 g/mol. The molecule has 1 aromatic heterocycles. The summed E-state index contributed by atoms with van der Waals surface area (Å²) in [6, 6.07) is 7.41. The highest BCUT2D eigenvalue weighted by molar-refractivity contribution is 6.30. The third-order valence-electron chi connectivity index (χ3n) is 2.78. The number of carboxylic acids is 1. The first kappa shape index (κ1) is 12.6. The van der Waals surface area contributed by atoms with E-state index in [1.54, 1.807) is 6.20 Å². The summed E-state index contributed by atoms with van der Waals surface area (Å²) in [7, 11) is 1.88. The van der Waals surface area contributed by atoms with Gasteiger partial charge in [-0.3, -0.25) is 4.79 Å². The second-order valence-corrected chi connectivity index (χ2v) is 4.47. The highest BCUT2D eigenvalue weighted by Gasteiger charge is 2.09. The number of aryl methyl sites for hydroxylation is 1. The highest BCUT2D eigenvalue weighted by atomic mass is 35.5. The quantitative estimate of drug-likeness (QED) is 0.924. The van der Waals surface area contributed by atoms with Crippen molar-refractivity contribution in [1.82, 2.24) is 9.55 Å². The van der Waals surface area contributed by atoms with Crippen LogP contribution < -0.4 is 0 Å². The molecule has 0 fully saturated rings. The minimum Gasteiger partial charge on any atom is -0.481 e. The minimum absolute atomic E-state index is 0.111. The zero-order chi connectivity index (χ0) is 13.1. The Bertz CT molecular complexity index is 561. The molecular formula is C13H13ClN2O2. The molecule has 0 spiro atoms. The molecule has 1 heterocycles. The Morgan fingerprint density at radius 1 is 1.39 bits per heavy atom. The van der Waals surface area contributed by atoms with Gasteiger partial charge in [0.15, 0.2) is 0 Å². The van der Waals surface area contributed by atoms with Gasteiger partial charge in [0.05, 0.1) is 6.42 Å². The number of hydrogen-bond acceptors (Lipinski definition) is 2. The molecule has 18 heavy (non-hydrogen) atoms. The molecule has 2 aromatic rings. The lowest BCUT2D eigenvalue weighted by Crippen LogP contribution is -2.03. The summed E-state index contributed by atoms with van der Waals surface area (Å²) < 4.78 is 1.91. The Morgan fingerprint density at radius 3 is 2.67 bits per heavy atom. The summed E-state index contributed by atoms with van der Waals surface area (Å²) in [5.74, 6) is 0.0105. The van der Waals surface area contributed by atoms with Crippen molar-refractivity contribution >= 4 is 17.6 Å². The molecule has 0 radical (unpaired) electrons. The van der Waals surface area contributed by atoms with Crippen molar-refractivity contribution in [2.75, 3.05) is 0 Å². The van der Waals surface area contributed by atoms with E-state index < -0.39 is 5.97 Å². The molecule has 94 valence electrons. The number of aromatic nitrogens is 2. The summed E-state index contributed by atoms with van der Waals surface area (Å²) in [5.41, 5.74) is 1.87. The van der Waals surface area contributed by atoms with Crippen LogP contribution in [0.25, 0.3) is 11.4 Å². The van der Waals surface area contributed by atoms with Crippen LogP contribution in [0.15, 0.2) is 30.5 Å². The average Bonchev–Trinajstić information content (AvgIpc) is 2.69. The number of carbonyl (C=O) groups is 1. The van der Waals surface area contributed by atoms with Crippen LogP contribution in [0.3, 0.4) is 0 Å². The van der Waals surface area contributed by atoms with Gasteiger partial charge in [-0.15, -0.1) is 0 Å². The fourth-order valence-electron chi connectivity index (χ4n) is 1.78. The van der Waals surface area contributed by atoms with Crippen molar-refractivity contribution in [3.63, 3.8) is 0 Å². The highest BCUT2D eigenvalue weighted by Crippen LogP contribution is 2.21. The van der Waals surface area contributed by atoms with Crippen LogP contribution in [0.1, 0.15) is 12.1 Å². The summed E-state index contributed by atoms with van der Waals surface area (Å²) in [6.07, 6.45) is 2.30. The third kappa shape index (κ3) is 2.71. The van der Waals surface area contributed by atoms with Gasteiger partial charge < -0.3 is 9.67 Å². The fourth-order valence-corrected chi connectivity index (χ4v) is 1.91. The van der Waals surface area contributed by atoms with Crippen molar-refractivity contribution in [3.05, 3.63) is 41.2 Å². The lowest BCUT2D eigenvalue weighted by atomic mass is 10.2. The van der Waals surface area contributed by atoms with Gasteiger partial charge in [-0.1, -0.05) is 11.6 Å². The molecule has 0 aliphatic heterocycles. The van der Waals surface area contributed by atoms with Crippen LogP contribution in [0.4, 0.5) is 0 Å². The topological polar surface area (TPSA) is 55.1 Å². The van der Waals surface area contributed by atoms with Crippen LogP contribution in [-0.4, -0.2) is 20.6 Å². The zero-order valence-corrected chi connectivity index (χ0v) is 10.7. The van der Waals surface area contributed by atoms with Gasteiger partial charge in [-0.05, 0) is 30.7 Å². The molecule has 4 nitrogen and oxygen atoms in total. The first-order valence-corrected chi connectivity index (χ1v) is 5.94. The predicted molar refractivity (Wildman–Crippen MR) is 69.6 cm³/mol. The first-order valence-electron chi connectivity index (χ1n) is 5.56. The van der Waals surface area contributed by atoms with E-state index in [9.17, 15) is 4.79 Å². The van der Waals surface area contributed by atoms with Crippen LogP contribution in [-0.2, 0) is 18.3 Å². The molecule has 0 aliphatic rings. The van der Waals surface area contributed by atoms with Gasteiger partial charge in [-0.2, -0.15) is 0 Å². The van der Waals surface area contributed by atoms with E-state index in [1.165, 1.54) is 0 Å².